The van der Waals surface area contributed by atoms with E-state index in [9.17, 15) is 0 Å². The number of ether oxygens (including phenoxy) is 1. The molecule has 3 heterocycles. The number of hydrogen-bond acceptors (Lipinski definition) is 8. The van der Waals surface area contributed by atoms with Gasteiger partial charge in [-0.15, -0.1) is 0 Å². The lowest BCUT2D eigenvalue weighted by molar-refractivity contribution is 0.0571. The molecule has 1 saturated heterocycles. The van der Waals surface area contributed by atoms with Crippen molar-refractivity contribution in [2.75, 3.05) is 18.5 Å². The van der Waals surface area contributed by atoms with Crippen LogP contribution < -0.4 is 5.32 Å². The number of nitrogens with one attached hydrogen (secondary N) is 1. The number of hydrogen-bond donors (Lipinski definition) is 1. The monoisotopic (exact) mass is 337 g/mol. The number of aromatic nitrogens is 4. The fraction of sp³-hybridized carbons (Fsp3) is 0.733. The van der Waals surface area contributed by atoms with Crippen molar-refractivity contribution in [3.05, 3.63) is 17.5 Å². The smallest absolute Gasteiger partial charge is 0.249 e. The summed E-state index contributed by atoms with van der Waals surface area (Å²) in [5.41, 5.74) is 0. The summed E-state index contributed by atoms with van der Waals surface area (Å²) in [6.45, 7) is 7.71. The van der Waals surface area contributed by atoms with Crippen molar-refractivity contribution in [1.82, 2.24) is 19.5 Å². The third-order valence-corrected chi connectivity index (χ3v) is 4.72. The fourth-order valence-electron chi connectivity index (χ4n) is 2.63. The predicted octanol–water partition coefficient (Wildman–Crippen LogP) is 3.19. The van der Waals surface area contributed by atoms with Crippen LogP contribution in [0, 0.1) is 5.92 Å². The summed E-state index contributed by atoms with van der Waals surface area (Å²) >= 11 is 1.38. The average Bonchev–Trinajstić information content (AvgIpc) is 3.22. The molecule has 1 aliphatic rings. The molecule has 1 unspecified atom stereocenters. The molecule has 7 nitrogen and oxygen atoms in total. The first-order valence-corrected chi connectivity index (χ1v) is 8.95. The Bertz CT molecular complexity index is 621. The summed E-state index contributed by atoms with van der Waals surface area (Å²) in [5, 5.41) is 8.38. The van der Waals surface area contributed by atoms with Crippen LogP contribution in [0.4, 0.5) is 5.13 Å². The molecule has 126 valence electrons. The number of rotatable bonds is 6. The SMILES string of the molecule is CCc1nsc(NC(c2nc(C(C)C)no2)C2CCOCC2)n1. The predicted molar refractivity (Wildman–Crippen MR) is 87.6 cm³/mol. The maximum atomic E-state index is 5.54. The van der Waals surface area contributed by atoms with E-state index in [0.29, 0.717) is 11.8 Å². The van der Waals surface area contributed by atoms with Crippen LogP contribution in [0.5, 0.6) is 0 Å². The Morgan fingerprint density at radius 2 is 2.04 bits per heavy atom. The van der Waals surface area contributed by atoms with Crippen LogP contribution in [0.25, 0.3) is 0 Å². The summed E-state index contributed by atoms with van der Waals surface area (Å²) in [5.74, 6) is 2.87. The van der Waals surface area contributed by atoms with Crippen LogP contribution in [0.2, 0.25) is 0 Å². The standard InChI is InChI=1S/C15H23N5O2S/c1-4-11-16-15(23-20-11)17-12(10-5-7-21-8-6-10)14-18-13(9(2)3)19-22-14/h9-10,12H,4-8H2,1-3H3,(H,16,17,20). The molecule has 0 saturated carbocycles. The molecule has 0 radical (unpaired) electrons. The Kier molecular flexibility index (Phi) is 5.22. The molecule has 1 fully saturated rings. The number of anilines is 1. The molecular formula is C15H23N5O2S. The Balaban J connectivity index is 1.82. The van der Waals surface area contributed by atoms with Gasteiger partial charge < -0.3 is 14.6 Å². The first-order chi connectivity index (χ1) is 11.2. The van der Waals surface area contributed by atoms with Crippen molar-refractivity contribution in [2.24, 2.45) is 5.92 Å². The molecule has 1 atom stereocenters. The lowest BCUT2D eigenvalue weighted by Gasteiger charge is -2.28. The van der Waals surface area contributed by atoms with E-state index in [1.165, 1.54) is 11.5 Å². The van der Waals surface area contributed by atoms with Crippen molar-refractivity contribution >= 4 is 16.7 Å². The Labute approximate surface area is 140 Å². The zero-order valence-electron chi connectivity index (χ0n) is 13.8. The highest BCUT2D eigenvalue weighted by Crippen LogP contribution is 2.33. The van der Waals surface area contributed by atoms with Gasteiger partial charge in [-0.05, 0) is 18.8 Å². The van der Waals surface area contributed by atoms with Gasteiger partial charge in [0, 0.05) is 37.1 Å². The molecule has 2 aromatic rings. The second kappa shape index (κ2) is 7.35. The van der Waals surface area contributed by atoms with Crippen LogP contribution in [0.3, 0.4) is 0 Å². The molecule has 0 bridgehead atoms. The summed E-state index contributed by atoms with van der Waals surface area (Å²) in [4.78, 5) is 9.09. The molecule has 1 N–H and O–H groups in total. The lowest BCUT2D eigenvalue weighted by Crippen LogP contribution is -2.27. The highest BCUT2D eigenvalue weighted by atomic mass is 32.1. The fourth-order valence-corrected chi connectivity index (χ4v) is 3.32. The van der Waals surface area contributed by atoms with Crippen LogP contribution in [0.1, 0.15) is 63.1 Å². The van der Waals surface area contributed by atoms with E-state index >= 15 is 0 Å². The van der Waals surface area contributed by atoms with E-state index in [2.05, 4.69) is 45.6 Å². The van der Waals surface area contributed by atoms with E-state index in [4.69, 9.17) is 9.26 Å². The van der Waals surface area contributed by atoms with Gasteiger partial charge in [0.05, 0.1) is 0 Å². The molecule has 0 amide bonds. The van der Waals surface area contributed by atoms with Crippen LogP contribution in [-0.2, 0) is 11.2 Å². The minimum absolute atomic E-state index is 0.0449. The molecule has 0 spiro atoms. The van der Waals surface area contributed by atoms with Gasteiger partial charge >= 0.3 is 0 Å². The molecule has 3 rings (SSSR count). The van der Waals surface area contributed by atoms with Crippen molar-refractivity contribution < 1.29 is 9.26 Å². The molecule has 0 aliphatic carbocycles. The van der Waals surface area contributed by atoms with Gasteiger partial charge in [-0.25, -0.2) is 4.98 Å². The molecule has 1 aliphatic heterocycles. The van der Waals surface area contributed by atoms with Crippen LogP contribution >= 0.6 is 11.5 Å². The summed E-state index contributed by atoms with van der Waals surface area (Å²) in [6, 6.07) is -0.0449. The first kappa shape index (κ1) is 16.3. The van der Waals surface area contributed by atoms with Gasteiger partial charge in [-0.3, -0.25) is 0 Å². The minimum Gasteiger partial charge on any atom is -0.381 e. The minimum atomic E-state index is -0.0449. The first-order valence-electron chi connectivity index (χ1n) is 8.17. The van der Waals surface area contributed by atoms with E-state index in [-0.39, 0.29) is 12.0 Å². The zero-order chi connectivity index (χ0) is 16.2. The normalized spacial score (nSPS) is 17.6. The topological polar surface area (TPSA) is 86.0 Å². The molecule has 2 aromatic heterocycles. The van der Waals surface area contributed by atoms with E-state index < -0.39 is 0 Å². The third kappa shape index (κ3) is 3.87. The Morgan fingerprint density at radius 1 is 1.26 bits per heavy atom. The average molecular weight is 337 g/mol. The van der Waals surface area contributed by atoms with Gasteiger partial charge in [0.1, 0.15) is 11.9 Å². The van der Waals surface area contributed by atoms with E-state index in [0.717, 1.165) is 49.3 Å². The Hall–Kier alpha value is -1.54. The third-order valence-electron chi connectivity index (χ3n) is 4.04. The van der Waals surface area contributed by atoms with Crippen molar-refractivity contribution in [3.63, 3.8) is 0 Å². The van der Waals surface area contributed by atoms with Crippen molar-refractivity contribution in [2.45, 2.75) is 52.0 Å². The summed E-state index contributed by atoms with van der Waals surface area (Å²) in [6.07, 6.45) is 2.77. The molecule has 8 heteroatoms. The highest BCUT2D eigenvalue weighted by Gasteiger charge is 2.31. The summed E-state index contributed by atoms with van der Waals surface area (Å²) in [7, 11) is 0. The lowest BCUT2D eigenvalue weighted by atomic mass is 9.91. The molecular weight excluding hydrogens is 314 g/mol. The van der Waals surface area contributed by atoms with Crippen LogP contribution in [0.15, 0.2) is 4.52 Å². The second-order valence-electron chi connectivity index (χ2n) is 6.09. The molecule has 0 aromatic carbocycles. The van der Waals surface area contributed by atoms with E-state index in [1.807, 2.05) is 0 Å². The highest BCUT2D eigenvalue weighted by molar-refractivity contribution is 7.09. The van der Waals surface area contributed by atoms with Gasteiger partial charge in [0.15, 0.2) is 5.82 Å². The number of nitrogens with zero attached hydrogens (tertiary/aromatic N) is 4. The molecule has 23 heavy (non-hydrogen) atoms. The quantitative estimate of drug-likeness (QED) is 0.866. The van der Waals surface area contributed by atoms with Gasteiger partial charge in [0.2, 0.25) is 11.0 Å². The second-order valence-corrected chi connectivity index (χ2v) is 6.84. The van der Waals surface area contributed by atoms with Crippen LogP contribution in [-0.4, -0.2) is 32.7 Å². The maximum absolute atomic E-state index is 5.54. The summed E-state index contributed by atoms with van der Waals surface area (Å²) < 4.78 is 15.4. The van der Waals surface area contributed by atoms with Gasteiger partial charge in [-0.1, -0.05) is 25.9 Å². The zero-order valence-corrected chi connectivity index (χ0v) is 14.6. The van der Waals surface area contributed by atoms with Crippen molar-refractivity contribution in [3.8, 4) is 0 Å². The van der Waals surface area contributed by atoms with Crippen molar-refractivity contribution in [1.29, 1.82) is 0 Å². The maximum Gasteiger partial charge on any atom is 0.249 e. The van der Waals surface area contributed by atoms with Gasteiger partial charge in [0.25, 0.3) is 0 Å². The Morgan fingerprint density at radius 3 is 2.65 bits per heavy atom. The number of aryl methyl sites for hydroxylation is 1. The van der Waals surface area contributed by atoms with Gasteiger partial charge in [-0.2, -0.15) is 9.36 Å². The largest absolute Gasteiger partial charge is 0.381 e. The van der Waals surface area contributed by atoms with E-state index in [1.54, 1.807) is 0 Å².